The molecule has 1 unspecified atom stereocenters. The number of benzene rings is 2. The molecule has 3 N–H and O–H groups in total. The predicted octanol–water partition coefficient (Wildman–Crippen LogP) is 3.30. The van der Waals surface area contributed by atoms with Gasteiger partial charge >= 0.3 is 0 Å². The number of aromatic amines is 1. The predicted molar refractivity (Wildman–Crippen MR) is 97.2 cm³/mol. The quantitative estimate of drug-likeness (QED) is 0.685. The topological polar surface area (TPSA) is 74.0 Å². The van der Waals surface area contributed by atoms with Gasteiger partial charge in [-0.05, 0) is 29.7 Å². The summed E-state index contributed by atoms with van der Waals surface area (Å²) in [7, 11) is 0. The molecule has 1 aliphatic heterocycles. The lowest BCUT2D eigenvalue weighted by atomic mass is 9.97. The fourth-order valence-electron chi connectivity index (χ4n) is 3.39. The van der Waals surface area contributed by atoms with Crippen molar-refractivity contribution in [3.8, 4) is 0 Å². The number of amides is 2. The van der Waals surface area contributed by atoms with E-state index in [1.807, 2.05) is 48.7 Å². The van der Waals surface area contributed by atoms with E-state index in [-0.39, 0.29) is 24.3 Å². The van der Waals surface area contributed by atoms with Crippen LogP contribution in [0.1, 0.15) is 30.0 Å². The average molecular weight is 333 g/mol. The van der Waals surface area contributed by atoms with Gasteiger partial charge in [-0.2, -0.15) is 0 Å². The van der Waals surface area contributed by atoms with Crippen molar-refractivity contribution in [3.63, 3.8) is 0 Å². The molecule has 3 aromatic rings. The second-order valence-electron chi connectivity index (χ2n) is 6.32. The van der Waals surface area contributed by atoms with Gasteiger partial charge in [-0.3, -0.25) is 9.59 Å². The molecule has 1 atom stereocenters. The molecule has 2 heterocycles. The molecular formula is C20H19N3O2. The third-order valence-corrected chi connectivity index (χ3v) is 4.63. The van der Waals surface area contributed by atoms with Crippen molar-refractivity contribution in [2.24, 2.45) is 0 Å². The third kappa shape index (κ3) is 3.13. The zero-order chi connectivity index (χ0) is 17.2. The summed E-state index contributed by atoms with van der Waals surface area (Å²) in [5.74, 6) is -0.111. The number of carbonyl (C=O) groups excluding carboxylic acids is 2. The first-order valence-electron chi connectivity index (χ1n) is 8.44. The zero-order valence-electron chi connectivity index (χ0n) is 13.7. The molecule has 0 aliphatic carbocycles. The Morgan fingerprint density at radius 3 is 2.84 bits per heavy atom. The first-order chi connectivity index (χ1) is 12.2. The van der Waals surface area contributed by atoms with E-state index in [0.29, 0.717) is 12.8 Å². The molecule has 0 radical (unpaired) electrons. The third-order valence-electron chi connectivity index (χ3n) is 4.63. The Balaban J connectivity index is 1.43. The Labute approximate surface area is 145 Å². The number of aryl methyl sites for hydroxylation is 1. The lowest BCUT2D eigenvalue weighted by Gasteiger charge is -2.26. The monoisotopic (exact) mass is 333 g/mol. The molecule has 0 saturated carbocycles. The smallest absolute Gasteiger partial charge is 0.226 e. The Bertz CT molecular complexity index is 945. The van der Waals surface area contributed by atoms with Crippen molar-refractivity contribution in [1.29, 1.82) is 0 Å². The highest BCUT2D eigenvalue weighted by molar-refractivity contribution is 5.95. The van der Waals surface area contributed by atoms with Crippen molar-refractivity contribution in [3.05, 3.63) is 65.9 Å². The number of hydrogen-bond acceptors (Lipinski definition) is 2. The van der Waals surface area contributed by atoms with Crippen LogP contribution in [0.2, 0.25) is 0 Å². The highest BCUT2D eigenvalue weighted by Gasteiger charge is 2.25. The van der Waals surface area contributed by atoms with Crippen LogP contribution >= 0.6 is 0 Å². The number of carbonyl (C=O) groups is 2. The van der Waals surface area contributed by atoms with E-state index < -0.39 is 0 Å². The first-order valence-corrected chi connectivity index (χ1v) is 8.44. The summed E-state index contributed by atoms with van der Waals surface area (Å²) in [6.45, 7) is 0. The highest BCUT2D eigenvalue weighted by Crippen LogP contribution is 2.30. The van der Waals surface area contributed by atoms with Gasteiger partial charge in [0.15, 0.2) is 0 Å². The number of anilines is 1. The van der Waals surface area contributed by atoms with E-state index >= 15 is 0 Å². The van der Waals surface area contributed by atoms with E-state index in [1.165, 1.54) is 0 Å². The second-order valence-corrected chi connectivity index (χ2v) is 6.32. The SMILES string of the molecule is O=C1CC(NC(=O)CCc2c[nH]c3ccccc23)c2ccccc2N1. The Kier molecular flexibility index (Phi) is 3.98. The zero-order valence-corrected chi connectivity index (χ0v) is 13.7. The van der Waals surface area contributed by atoms with Gasteiger partial charge in [-0.15, -0.1) is 0 Å². The fourth-order valence-corrected chi connectivity index (χ4v) is 3.39. The van der Waals surface area contributed by atoms with Crippen molar-refractivity contribution in [1.82, 2.24) is 10.3 Å². The molecule has 0 saturated heterocycles. The van der Waals surface area contributed by atoms with E-state index in [2.05, 4.69) is 21.7 Å². The van der Waals surface area contributed by atoms with E-state index in [0.717, 1.165) is 27.7 Å². The summed E-state index contributed by atoms with van der Waals surface area (Å²) in [5.41, 5.74) is 3.95. The van der Waals surface area contributed by atoms with Gasteiger partial charge in [-0.1, -0.05) is 36.4 Å². The Morgan fingerprint density at radius 2 is 1.92 bits per heavy atom. The van der Waals surface area contributed by atoms with Gasteiger partial charge in [0, 0.05) is 29.2 Å². The van der Waals surface area contributed by atoms with Crippen LogP contribution in [0.5, 0.6) is 0 Å². The summed E-state index contributed by atoms with van der Waals surface area (Å²) in [5, 5.41) is 7.00. The maximum absolute atomic E-state index is 12.4. The molecule has 25 heavy (non-hydrogen) atoms. The van der Waals surface area contributed by atoms with Crippen molar-refractivity contribution >= 4 is 28.4 Å². The number of aromatic nitrogens is 1. The fraction of sp³-hybridized carbons (Fsp3) is 0.200. The molecular weight excluding hydrogens is 314 g/mol. The van der Waals surface area contributed by atoms with E-state index in [4.69, 9.17) is 0 Å². The Hall–Kier alpha value is -3.08. The molecule has 0 bridgehead atoms. The normalized spacial score (nSPS) is 16.3. The van der Waals surface area contributed by atoms with Crippen molar-refractivity contribution < 1.29 is 9.59 Å². The molecule has 2 aromatic carbocycles. The van der Waals surface area contributed by atoms with Crippen molar-refractivity contribution in [2.75, 3.05) is 5.32 Å². The molecule has 0 spiro atoms. The number of H-pyrrole nitrogens is 1. The van der Waals surface area contributed by atoms with Crippen LogP contribution in [0.15, 0.2) is 54.7 Å². The standard InChI is InChI=1S/C20H19N3O2/c24-19(10-9-13-12-21-16-7-3-1-5-14(13)16)23-18-11-20(25)22-17-8-4-2-6-15(17)18/h1-8,12,18,21H,9-11H2,(H,22,25)(H,23,24). The van der Waals surface area contributed by atoms with Gasteiger partial charge in [0.05, 0.1) is 12.5 Å². The van der Waals surface area contributed by atoms with Gasteiger partial charge in [0.2, 0.25) is 11.8 Å². The summed E-state index contributed by atoms with van der Waals surface area (Å²) in [6.07, 6.45) is 3.29. The lowest BCUT2D eigenvalue weighted by molar-refractivity contribution is -0.122. The van der Waals surface area contributed by atoms with E-state index in [1.54, 1.807) is 0 Å². The van der Waals surface area contributed by atoms with Crippen LogP contribution in [-0.4, -0.2) is 16.8 Å². The number of hydrogen-bond donors (Lipinski definition) is 3. The van der Waals surface area contributed by atoms with Crippen LogP contribution < -0.4 is 10.6 Å². The van der Waals surface area contributed by atoms with Gasteiger partial charge in [0.1, 0.15) is 0 Å². The van der Waals surface area contributed by atoms with Gasteiger partial charge in [0.25, 0.3) is 0 Å². The highest BCUT2D eigenvalue weighted by atomic mass is 16.2. The molecule has 126 valence electrons. The van der Waals surface area contributed by atoms with Crippen LogP contribution in [-0.2, 0) is 16.0 Å². The molecule has 5 nitrogen and oxygen atoms in total. The summed E-state index contributed by atoms with van der Waals surface area (Å²) < 4.78 is 0. The van der Waals surface area contributed by atoms with Gasteiger partial charge < -0.3 is 15.6 Å². The van der Waals surface area contributed by atoms with Crippen LogP contribution in [0.4, 0.5) is 5.69 Å². The number of rotatable bonds is 4. The molecule has 4 rings (SSSR count). The maximum Gasteiger partial charge on any atom is 0.226 e. The minimum atomic E-state index is -0.264. The summed E-state index contributed by atoms with van der Waals surface area (Å²) >= 11 is 0. The number of nitrogens with one attached hydrogen (secondary N) is 3. The average Bonchev–Trinajstić information content (AvgIpc) is 3.03. The maximum atomic E-state index is 12.4. The first kappa shape index (κ1) is 15.4. The van der Waals surface area contributed by atoms with Gasteiger partial charge in [-0.25, -0.2) is 0 Å². The molecule has 0 fully saturated rings. The van der Waals surface area contributed by atoms with E-state index in [9.17, 15) is 9.59 Å². The minimum Gasteiger partial charge on any atom is -0.361 e. The summed E-state index contributed by atoms with van der Waals surface area (Å²) in [6, 6.07) is 15.4. The van der Waals surface area contributed by atoms with Crippen LogP contribution in [0.3, 0.4) is 0 Å². The Morgan fingerprint density at radius 1 is 1.12 bits per heavy atom. The molecule has 1 aliphatic rings. The van der Waals surface area contributed by atoms with Crippen molar-refractivity contribution in [2.45, 2.75) is 25.3 Å². The number of para-hydroxylation sites is 2. The largest absolute Gasteiger partial charge is 0.361 e. The lowest BCUT2D eigenvalue weighted by Crippen LogP contribution is -2.35. The van der Waals surface area contributed by atoms with Crippen LogP contribution in [0.25, 0.3) is 10.9 Å². The molecule has 2 amide bonds. The summed E-state index contributed by atoms with van der Waals surface area (Å²) in [4.78, 5) is 27.5. The molecule has 1 aromatic heterocycles. The molecule has 5 heteroatoms. The second kappa shape index (κ2) is 6.43. The van der Waals surface area contributed by atoms with Crippen LogP contribution in [0, 0.1) is 0 Å². The number of fused-ring (bicyclic) bond motifs is 2. The minimum absolute atomic E-state index is 0.0419.